The maximum atomic E-state index is 12.5. The number of amides is 1. The molecule has 3 rings (SSSR count). The van der Waals surface area contributed by atoms with Crippen molar-refractivity contribution in [2.45, 2.75) is 19.0 Å². The van der Waals surface area contributed by atoms with Gasteiger partial charge < -0.3 is 19.9 Å². The number of para-hydroxylation sites is 1. The van der Waals surface area contributed by atoms with Gasteiger partial charge in [-0.1, -0.05) is 48.5 Å². The van der Waals surface area contributed by atoms with E-state index in [0.29, 0.717) is 19.6 Å². The van der Waals surface area contributed by atoms with Gasteiger partial charge in [-0.25, -0.2) is 4.98 Å². The molecule has 6 nitrogen and oxygen atoms in total. The number of carbonyl (C=O) groups excluding carboxylic acids is 1. The lowest BCUT2D eigenvalue weighted by Crippen LogP contribution is -2.44. The van der Waals surface area contributed by atoms with Crippen molar-refractivity contribution in [3.8, 4) is 5.75 Å². The topological polar surface area (TPSA) is 73.4 Å². The van der Waals surface area contributed by atoms with Crippen LogP contribution in [0.2, 0.25) is 0 Å². The number of nitrogens with two attached hydrogens (primary N) is 1. The lowest BCUT2D eigenvalue weighted by Gasteiger charge is -2.21. The molecule has 0 bridgehead atoms. The van der Waals surface area contributed by atoms with Crippen LogP contribution in [0.5, 0.6) is 5.75 Å². The van der Waals surface area contributed by atoms with Crippen molar-refractivity contribution in [2.24, 2.45) is 5.73 Å². The summed E-state index contributed by atoms with van der Waals surface area (Å²) < 4.78 is 7.63. The highest BCUT2D eigenvalue weighted by molar-refractivity contribution is 5.81. The van der Waals surface area contributed by atoms with Crippen LogP contribution >= 0.6 is 0 Å². The standard InChI is InChI=1S/C22H26N4O2/c1-25(12-13-28-20-10-6-3-7-11-20)22(27)21(23)14-19-16-26(17-24-19)15-18-8-4-2-5-9-18/h2-11,16-17,21H,12-15,23H2,1H3/t21-/m0/s1. The monoisotopic (exact) mass is 378 g/mol. The average Bonchev–Trinajstić information content (AvgIpc) is 3.15. The zero-order valence-electron chi connectivity index (χ0n) is 16.1. The van der Waals surface area contributed by atoms with Gasteiger partial charge in [0.05, 0.1) is 24.6 Å². The molecule has 0 fully saturated rings. The summed E-state index contributed by atoms with van der Waals surface area (Å²) in [6.07, 6.45) is 4.13. The number of likely N-dealkylation sites (N-methyl/N-ethyl adjacent to an activating group) is 1. The van der Waals surface area contributed by atoms with Crippen molar-refractivity contribution in [1.29, 1.82) is 0 Å². The normalized spacial score (nSPS) is 11.8. The van der Waals surface area contributed by atoms with E-state index in [2.05, 4.69) is 17.1 Å². The smallest absolute Gasteiger partial charge is 0.239 e. The second kappa shape index (κ2) is 9.71. The molecule has 0 aliphatic carbocycles. The van der Waals surface area contributed by atoms with Crippen LogP contribution in [0.3, 0.4) is 0 Å². The molecule has 0 saturated heterocycles. The summed E-state index contributed by atoms with van der Waals surface area (Å²) in [7, 11) is 1.74. The molecule has 0 spiro atoms. The number of imidazole rings is 1. The lowest BCUT2D eigenvalue weighted by atomic mass is 10.1. The zero-order valence-corrected chi connectivity index (χ0v) is 16.1. The third-order valence-corrected chi connectivity index (χ3v) is 4.46. The molecule has 146 valence electrons. The molecule has 1 amide bonds. The first-order valence-corrected chi connectivity index (χ1v) is 9.35. The third-order valence-electron chi connectivity index (χ3n) is 4.46. The van der Waals surface area contributed by atoms with Gasteiger partial charge in [0.2, 0.25) is 5.91 Å². The van der Waals surface area contributed by atoms with Gasteiger partial charge in [-0.05, 0) is 17.7 Å². The highest BCUT2D eigenvalue weighted by atomic mass is 16.5. The van der Waals surface area contributed by atoms with Crippen LogP contribution in [-0.4, -0.2) is 46.6 Å². The summed E-state index contributed by atoms with van der Waals surface area (Å²) in [6, 6.07) is 19.1. The Morgan fingerprint density at radius 3 is 2.54 bits per heavy atom. The maximum absolute atomic E-state index is 12.5. The van der Waals surface area contributed by atoms with Crippen LogP contribution < -0.4 is 10.5 Å². The van der Waals surface area contributed by atoms with Crippen LogP contribution in [-0.2, 0) is 17.8 Å². The van der Waals surface area contributed by atoms with Gasteiger partial charge in [0.1, 0.15) is 12.4 Å². The van der Waals surface area contributed by atoms with Gasteiger partial charge in [0.25, 0.3) is 0 Å². The van der Waals surface area contributed by atoms with Crippen molar-refractivity contribution in [1.82, 2.24) is 14.5 Å². The molecule has 28 heavy (non-hydrogen) atoms. The first kappa shape index (κ1) is 19.6. The Morgan fingerprint density at radius 2 is 1.82 bits per heavy atom. The number of hydrogen-bond acceptors (Lipinski definition) is 4. The Bertz CT molecular complexity index is 865. The van der Waals surface area contributed by atoms with E-state index in [1.165, 1.54) is 5.56 Å². The third kappa shape index (κ3) is 5.69. The number of nitrogens with zero attached hydrogens (tertiary/aromatic N) is 3. The number of hydrogen-bond donors (Lipinski definition) is 1. The highest BCUT2D eigenvalue weighted by Gasteiger charge is 2.19. The zero-order chi connectivity index (χ0) is 19.8. The second-order valence-corrected chi connectivity index (χ2v) is 6.75. The van der Waals surface area contributed by atoms with Gasteiger partial charge in [0, 0.05) is 26.2 Å². The molecular formula is C22H26N4O2. The summed E-state index contributed by atoms with van der Waals surface area (Å²) in [5, 5.41) is 0. The highest BCUT2D eigenvalue weighted by Crippen LogP contribution is 2.09. The van der Waals surface area contributed by atoms with Crippen molar-refractivity contribution < 1.29 is 9.53 Å². The Balaban J connectivity index is 1.45. The molecule has 1 aromatic heterocycles. The maximum Gasteiger partial charge on any atom is 0.239 e. The molecule has 0 radical (unpaired) electrons. The predicted molar refractivity (Wildman–Crippen MR) is 109 cm³/mol. The number of rotatable bonds is 9. The van der Waals surface area contributed by atoms with E-state index in [4.69, 9.17) is 10.5 Å². The number of ether oxygens (including phenoxy) is 1. The van der Waals surface area contributed by atoms with Crippen LogP contribution in [0, 0.1) is 0 Å². The van der Waals surface area contributed by atoms with E-state index in [-0.39, 0.29) is 5.91 Å². The predicted octanol–water partition coefficient (Wildman–Crippen LogP) is 2.34. The van der Waals surface area contributed by atoms with Gasteiger partial charge in [-0.3, -0.25) is 4.79 Å². The molecule has 6 heteroatoms. The van der Waals surface area contributed by atoms with E-state index in [0.717, 1.165) is 18.0 Å². The Morgan fingerprint density at radius 1 is 1.14 bits per heavy atom. The van der Waals surface area contributed by atoms with Gasteiger partial charge in [-0.2, -0.15) is 0 Å². The number of benzene rings is 2. The Labute approximate surface area is 165 Å². The van der Waals surface area contributed by atoms with E-state index in [1.54, 1.807) is 18.3 Å². The van der Waals surface area contributed by atoms with E-state index >= 15 is 0 Å². The Hall–Kier alpha value is -3.12. The van der Waals surface area contributed by atoms with Crippen LogP contribution in [0.15, 0.2) is 73.2 Å². The molecule has 0 saturated carbocycles. The minimum atomic E-state index is -0.623. The molecule has 1 heterocycles. The quantitative estimate of drug-likeness (QED) is 0.620. The molecule has 1 atom stereocenters. The molecular weight excluding hydrogens is 352 g/mol. The summed E-state index contributed by atoms with van der Waals surface area (Å²) in [5.74, 6) is 0.672. The molecule has 3 aromatic rings. The summed E-state index contributed by atoms with van der Waals surface area (Å²) in [6.45, 7) is 1.64. The second-order valence-electron chi connectivity index (χ2n) is 6.75. The summed E-state index contributed by atoms with van der Waals surface area (Å²) in [4.78, 5) is 18.5. The molecule has 0 aliphatic heterocycles. The van der Waals surface area contributed by atoms with Gasteiger partial charge in [0.15, 0.2) is 0 Å². The van der Waals surface area contributed by atoms with Crippen molar-refractivity contribution in [2.75, 3.05) is 20.2 Å². The molecule has 0 aliphatic rings. The minimum Gasteiger partial charge on any atom is -0.492 e. The fourth-order valence-electron chi connectivity index (χ4n) is 2.92. The first-order chi connectivity index (χ1) is 13.6. The molecule has 0 unspecified atom stereocenters. The molecule has 2 aromatic carbocycles. The summed E-state index contributed by atoms with van der Waals surface area (Å²) >= 11 is 0. The lowest BCUT2D eigenvalue weighted by molar-refractivity contribution is -0.131. The number of carbonyl (C=O) groups is 1. The SMILES string of the molecule is CN(CCOc1ccccc1)C(=O)[C@@H](N)Cc1cn(Cc2ccccc2)cn1. The number of aromatic nitrogens is 2. The van der Waals surface area contributed by atoms with E-state index in [1.807, 2.05) is 59.3 Å². The average molecular weight is 378 g/mol. The van der Waals surface area contributed by atoms with E-state index < -0.39 is 6.04 Å². The summed E-state index contributed by atoms with van der Waals surface area (Å²) in [5.41, 5.74) is 8.12. The van der Waals surface area contributed by atoms with Crippen molar-refractivity contribution in [3.63, 3.8) is 0 Å². The van der Waals surface area contributed by atoms with Gasteiger partial charge in [-0.15, -0.1) is 0 Å². The first-order valence-electron chi connectivity index (χ1n) is 9.35. The van der Waals surface area contributed by atoms with Gasteiger partial charge >= 0.3 is 0 Å². The molecule has 2 N–H and O–H groups in total. The van der Waals surface area contributed by atoms with Crippen molar-refractivity contribution in [3.05, 3.63) is 84.4 Å². The Kier molecular flexibility index (Phi) is 6.81. The van der Waals surface area contributed by atoms with Crippen molar-refractivity contribution >= 4 is 5.91 Å². The minimum absolute atomic E-state index is 0.116. The van der Waals surface area contributed by atoms with E-state index in [9.17, 15) is 4.79 Å². The largest absolute Gasteiger partial charge is 0.492 e. The van der Waals surface area contributed by atoms with Crippen LogP contribution in [0.4, 0.5) is 0 Å². The van der Waals surface area contributed by atoms with Crippen LogP contribution in [0.25, 0.3) is 0 Å². The fraction of sp³-hybridized carbons (Fsp3) is 0.273. The fourth-order valence-corrected chi connectivity index (χ4v) is 2.92. The van der Waals surface area contributed by atoms with Crippen LogP contribution in [0.1, 0.15) is 11.3 Å².